The minimum atomic E-state index is 0.494. The summed E-state index contributed by atoms with van der Waals surface area (Å²) in [5, 5.41) is 14.2. The van der Waals surface area contributed by atoms with Crippen LogP contribution in [0, 0.1) is 18.4 Å². The molecule has 0 atom stereocenters. The number of aromatic amines is 1. The average molecular weight is 228 g/mol. The predicted octanol–water partition coefficient (Wildman–Crippen LogP) is 1.62. The average Bonchev–Trinajstić information content (AvgIpc) is 2.79. The van der Waals surface area contributed by atoms with Crippen molar-refractivity contribution in [1.82, 2.24) is 15.0 Å². The van der Waals surface area contributed by atoms with Crippen LogP contribution in [-0.4, -0.2) is 15.0 Å². The summed E-state index contributed by atoms with van der Waals surface area (Å²) in [7, 11) is 0. The number of hydrogen-bond donors (Lipinski definition) is 3. The van der Waals surface area contributed by atoms with Crippen LogP contribution in [0.3, 0.4) is 0 Å². The smallest absolute Gasteiger partial charge is 0.182 e. The highest BCUT2D eigenvalue weighted by Gasteiger charge is 2.01. The van der Waals surface area contributed by atoms with Crippen LogP contribution < -0.4 is 10.6 Å². The molecule has 0 aliphatic carbocycles. The quantitative estimate of drug-likeness (QED) is 0.546. The van der Waals surface area contributed by atoms with Gasteiger partial charge in [0.05, 0.1) is 6.54 Å². The Kier molecular flexibility index (Phi) is 3.21. The van der Waals surface area contributed by atoms with E-state index in [2.05, 4.69) is 25.6 Å². The third-order valence-electron chi connectivity index (χ3n) is 2.14. The largest absolute Gasteiger partial charge is 0.364 e. The van der Waals surface area contributed by atoms with E-state index in [0.29, 0.717) is 24.0 Å². The molecule has 6 nitrogen and oxygen atoms in total. The summed E-state index contributed by atoms with van der Waals surface area (Å²) in [5.74, 6) is 1.79. The van der Waals surface area contributed by atoms with Gasteiger partial charge >= 0.3 is 0 Å². The lowest BCUT2D eigenvalue weighted by Gasteiger charge is -2.06. The summed E-state index contributed by atoms with van der Waals surface area (Å²) in [6, 6.07) is 5.61. The molecule has 0 amide bonds. The van der Waals surface area contributed by atoms with Gasteiger partial charge in [0.1, 0.15) is 17.5 Å². The number of aryl methyl sites for hydroxylation is 1. The first-order chi connectivity index (χ1) is 8.28. The molecule has 0 fully saturated rings. The van der Waals surface area contributed by atoms with Crippen LogP contribution in [-0.2, 0) is 6.54 Å². The van der Waals surface area contributed by atoms with Crippen molar-refractivity contribution < 1.29 is 0 Å². The lowest BCUT2D eigenvalue weighted by atomic mass is 10.4. The van der Waals surface area contributed by atoms with Crippen LogP contribution in [0.2, 0.25) is 0 Å². The second kappa shape index (κ2) is 4.99. The Labute approximate surface area is 98.7 Å². The topological polar surface area (TPSA) is 89.4 Å². The molecular formula is C11H12N6. The van der Waals surface area contributed by atoms with Crippen molar-refractivity contribution in [2.24, 2.45) is 0 Å². The zero-order valence-corrected chi connectivity index (χ0v) is 9.36. The van der Waals surface area contributed by atoms with Crippen LogP contribution in [0.4, 0.5) is 11.6 Å². The van der Waals surface area contributed by atoms with Gasteiger partial charge in [0.15, 0.2) is 6.19 Å². The summed E-state index contributed by atoms with van der Waals surface area (Å²) in [6.07, 6.45) is 3.70. The van der Waals surface area contributed by atoms with Crippen LogP contribution in [0.15, 0.2) is 24.4 Å². The van der Waals surface area contributed by atoms with Gasteiger partial charge in [-0.3, -0.25) is 5.32 Å². The van der Waals surface area contributed by atoms with Crippen molar-refractivity contribution >= 4 is 11.6 Å². The molecule has 0 aliphatic heterocycles. The molecule has 6 heteroatoms. The summed E-state index contributed by atoms with van der Waals surface area (Å²) in [6.45, 7) is 2.43. The lowest BCUT2D eigenvalue weighted by Crippen LogP contribution is -2.05. The first-order valence-electron chi connectivity index (χ1n) is 5.15. The van der Waals surface area contributed by atoms with E-state index in [1.807, 2.05) is 24.5 Å². The van der Waals surface area contributed by atoms with Gasteiger partial charge in [-0.15, -0.1) is 0 Å². The van der Waals surface area contributed by atoms with Crippen LogP contribution in [0.25, 0.3) is 0 Å². The zero-order valence-electron chi connectivity index (χ0n) is 9.36. The number of rotatable bonds is 4. The van der Waals surface area contributed by atoms with E-state index < -0.39 is 0 Å². The Morgan fingerprint density at radius 2 is 2.24 bits per heavy atom. The van der Waals surface area contributed by atoms with Gasteiger partial charge in [-0.2, -0.15) is 5.26 Å². The minimum absolute atomic E-state index is 0.494. The van der Waals surface area contributed by atoms with Crippen LogP contribution >= 0.6 is 0 Å². The monoisotopic (exact) mass is 228 g/mol. The molecule has 0 aliphatic rings. The Balaban J connectivity index is 2.07. The number of anilines is 2. The second-order valence-electron chi connectivity index (χ2n) is 3.47. The Morgan fingerprint density at radius 1 is 1.41 bits per heavy atom. The molecule has 0 radical (unpaired) electrons. The second-order valence-corrected chi connectivity index (χ2v) is 3.47. The van der Waals surface area contributed by atoms with Gasteiger partial charge in [0.25, 0.3) is 0 Å². The molecule has 0 spiro atoms. The SMILES string of the molecule is Cc1nc(NC#N)cc(NCc2ccc[nH]2)n1. The maximum Gasteiger partial charge on any atom is 0.182 e. The standard InChI is InChI=1S/C11H12N6/c1-8-16-10(5-11(17-8)15-7-12)14-6-9-3-2-4-13-9/h2-5,13H,6H2,1H3,(H2,14,15,16,17). The molecule has 0 aromatic carbocycles. The first kappa shape index (κ1) is 11.0. The molecule has 2 aromatic heterocycles. The number of hydrogen-bond acceptors (Lipinski definition) is 5. The van der Waals surface area contributed by atoms with Crippen molar-refractivity contribution in [3.63, 3.8) is 0 Å². The molecule has 0 bridgehead atoms. The highest BCUT2D eigenvalue weighted by molar-refractivity contribution is 5.49. The molecule has 0 unspecified atom stereocenters. The van der Waals surface area contributed by atoms with Crippen molar-refractivity contribution in [2.75, 3.05) is 10.6 Å². The number of H-pyrrole nitrogens is 1. The molecule has 2 aromatic rings. The molecule has 17 heavy (non-hydrogen) atoms. The van der Waals surface area contributed by atoms with E-state index in [4.69, 9.17) is 5.26 Å². The number of nitrogens with one attached hydrogen (secondary N) is 3. The van der Waals surface area contributed by atoms with Gasteiger partial charge in [-0.05, 0) is 19.1 Å². The molecule has 2 rings (SSSR count). The van der Waals surface area contributed by atoms with E-state index in [9.17, 15) is 0 Å². The lowest BCUT2D eigenvalue weighted by molar-refractivity contribution is 1.01. The van der Waals surface area contributed by atoms with Crippen molar-refractivity contribution in [2.45, 2.75) is 13.5 Å². The fourth-order valence-electron chi connectivity index (χ4n) is 1.44. The van der Waals surface area contributed by atoms with E-state index >= 15 is 0 Å². The summed E-state index contributed by atoms with van der Waals surface area (Å²) >= 11 is 0. The Hall–Kier alpha value is -2.55. The molecule has 0 saturated heterocycles. The summed E-state index contributed by atoms with van der Waals surface area (Å²) in [5.41, 5.74) is 1.07. The summed E-state index contributed by atoms with van der Waals surface area (Å²) in [4.78, 5) is 11.4. The number of nitrogens with zero attached hydrogens (tertiary/aromatic N) is 3. The Morgan fingerprint density at radius 3 is 2.94 bits per heavy atom. The first-order valence-corrected chi connectivity index (χ1v) is 5.15. The van der Waals surface area contributed by atoms with E-state index in [0.717, 1.165) is 5.69 Å². The van der Waals surface area contributed by atoms with Crippen molar-refractivity contribution in [3.8, 4) is 6.19 Å². The van der Waals surface area contributed by atoms with Crippen LogP contribution in [0.5, 0.6) is 0 Å². The maximum absolute atomic E-state index is 8.53. The molecule has 86 valence electrons. The van der Waals surface area contributed by atoms with E-state index in [1.54, 1.807) is 13.0 Å². The number of aromatic nitrogens is 3. The predicted molar refractivity (Wildman–Crippen MR) is 64.1 cm³/mol. The fourth-order valence-corrected chi connectivity index (χ4v) is 1.44. The van der Waals surface area contributed by atoms with E-state index in [-0.39, 0.29) is 0 Å². The minimum Gasteiger partial charge on any atom is -0.364 e. The van der Waals surface area contributed by atoms with Crippen molar-refractivity contribution in [1.29, 1.82) is 5.26 Å². The van der Waals surface area contributed by atoms with E-state index in [1.165, 1.54) is 0 Å². The van der Waals surface area contributed by atoms with Gasteiger partial charge in [-0.25, -0.2) is 9.97 Å². The fraction of sp³-hybridized carbons (Fsp3) is 0.182. The maximum atomic E-state index is 8.53. The summed E-state index contributed by atoms with van der Waals surface area (Å²) < 4.78 is 0. The zero-order chi connectivity index (χ0) is 12.1. The van der Waals surface area contributed by atoms with Gasteiger partial charge in [0, 0.05) is 18.0 Å². The highest BCUT2D eigenvalue weighted by Crippen LogP contribution is 2.11. The molecule has 0 saturated carbocycles. The van der Waals surface area contributed by atoms with Gasteiger partial charge in [-0.1, -0.05) is 0 Å². The van der Waals surface area contributed by atoms with Crippen molar-refractivity contribution in [3.05, 3.63) is 35.9 Å². The highest BCUT2D eigenvalue weighted by atomic mass is 15.1. The van der Waals surface area contributed by atoms with Crippen LogP contribution in [0.1, 0.15) is 11.5 Å². The molecule has 3 N–H and O–H groups in total. The third-order valence-corrected chi connectivity index (χ3v) is 2.14. The third kappa shape index (κ3) is 2.95. The van der Waals surface area contributed by atoms with Gasteiger partial charge < -0.3 is 10.3 Å². The normalized spacial score (nSPS) is 9.65. The Bertz CT molecular complexity index is 525. The molecular weight excluding hydrogens is 216 g/mol. The number of nitriles is 1. The molecule has 2 heterocycles. The van der Waals surface area contributed by atoms with Gasteiger partial charge in [0.2, 0.25) is 0 Å².